The number of aliphatic imine (C=N–C) groups is 1. The summed E-state index contributed by atoms with van der Waals surface area (Å²) in [6.07, 6.45) is -6.89. The Balaban J connectivity index is 0. The molecule has 20 heteroatoms. The number of hydrogen-bond acceptors (Lipinski definition) is 6. The molecule has 2 aliphatic heterocycles. The van der Waals surface area contributed by atoms with Crippen molar-refractivity contribution < 1.29 is 44.4 Å². The summed E-state index contributed by atoms with van der Waals surface area (Å²) in [6.45, 7) is 1.73. The Morgan fingerprint density at radius 3 is 2.18 bits per heavy atom. The summed E-state index contributed by atoms with van der Waals surface area (Å²) in [5, 5.41) is 9.49. The van der Waals surface area contributed by atoms with Crippen molar-refractivity contribution in [2.45, 2.75) is 44.7 Å². The average molecular weight is 1070 g/mol. The number of alkyl halides is 6. The molecule has 0 atom stereocenters. The number of hydrazine groups is 1. The Labute approximate surface area is 245 Å². The molecule has 196 valence electrons. The van der Waals surface area contributed by atoms with Gasteiger partial charge in [-0.25, -0.2) is 0 Å². The first-order valence-corrected chi connectivity index (χ1v) is 27.2. The van der Waals surface area contributed by atoms with Crippen molar-refractivity contribution in [1.29, 1.82) is 0 Å². The zero-order valence-corrected chi connectivity index (χ0v) is 27.8. The van der Waals surface area contributed by atoms with Gasteiger partial charge in [0.1, 0.15) is 11.7 Å². The first kappa shape index (κ1) is 36.7. The quantitative estimate of drug-likeness (QED) is 0.211. The maximum atomic E-state index is 12.3. The van der Waals surface area contributed by atoms with E-state index in [1.807, 2.05) is 0 Å². The van der Waals surface area contributed by atoms with Crippen LogP contribution in [-0.2, 0) is 24.1 Å². The molecule has 0 spiro atoms. The summed E-state index contributed by atoms with van der Waals surface area (Å²) in [4.78, 5) is 14.3. The van der Waals surface area contributed by atoms with Gasteiger partial charge in [0, 0.05) is 63.3 Å². The molecule has 0 radical (unpaired) electrons. The Kier molecular flexibility index (Phi) is 21.9. The standard InChI is InChI=1S/C7H10F3N3O.C6H7F3N4.ClH.I3.I2/c8-7(9,10)6(14)13-12-5-3-1-2-4-11-5;7-6(8,9)5-12-11-4-3-10-1-2-13(4)5;;1-3-2;1-2/h1-4H2,(H,11,12)(H,13,14);10H,1-3H2;1H;;/q;;;-1;. The number of amidine groups is 1. The molecular weight excluding hydrogens is 1050 g/mol. The van der Waals surface area contributed by atoms with Gasteiger partial charge in [0.05, 0.1) is 6.54 Å². The molecule has 1 amide bonds. The fourth-order valence-electron chi connectivity index (χ4n) is 2.30. The van der Waals surface area contributed by atoms with Crippen LogP contribution in [0.5, 0.6) is 0 Å². The second kappa shape index (κ2) is 19.6. The third-order valence-corrected chi connectivity index (χ3v) is 3.58. The van der Waals surface area contributed by atoms with Gasteiger partial charge in [-0.2, -0.15) is 26.3 Å². The fourth-order valence-corrected chi connectivity index (χ4v) is 2.30. The van der Waals surface area contributed by atoms with E-state index in [-0.39, 0.29) is 19.0 Å². The summed E-state index contributed by atoms with van der Waals surface area (Å²) in [5.74, 6) is -2.16. The third-order valence-electron chi connectivity index (χ3n) is 3.58. The van der Waals surface area contributed by atoms with Gasteiger partial charge in [0.2, 0.25) is 5.82 Å². The van der Waals surface area contributed by atoms with Crippen LogP contribution in [0.4, 0.5) is 26.3 Å². The van der Waals surface area contributed by atoms with E-state index in [1.165, 1.54) is 0 Å². The van der Waals surface area contributed by atoms with Crippen molar-refractivity contribution >= 4 is 98.6 Å². The number of nitrogens with zero attached hydrogens (tertiary/aromatic N) is 4. The fraction of sp³-hybridized carbons (Fsp3) is 0.692. The van der Waals surface area contributed by atoms with E-state index in [0.29, 0.717) is 51.0 Å². The Hall–Kier alpha value is 1.56. The number of carbonyl (C=O) groups excluding carboxylic acids is 1. The van der Waals surface area contributed by atoms with Gasteiger partial charge in [0.25, 0.3) is 0 Å². The molecule has 1 aromatic rings. The van der Waals surface area contributed by atoms with Crippen molar-refractivity contribution in [3.8, 4) is 0 Å². The average Bonchev–Trinajstić information content (AvgIpc) is 3.19. The normalized spacial score (nSPS) is 14.9. The smallest absolute Gasteiger partial charge is 0.285 e. The van der Waals surface area contributed by atoms with E-state index in [4.69, 9.17) is 0 Å². The van der Waals surface area contributed by atoms with Crippen LogP contribution >= 0.6 is 86.9 Å². The summed E-state index contributed by atoms with van der Waals surface area (Å²) < 4.78 is 73.0. The molecule has 3 rings (SSSR count). The van der Waals surface area contributed by atoms with Crippen LogP contribution in [0.1, 0.15) is 30.9 Å². The van der Waals surface area contributed by atoms with Gasteiger partial charge in [-0.15, -0.1) is 22.6 Å². The first-order valence-electron chi connectivity index (χ1n) is 8.38. The van der Waals surface area contributed by atoms with Crippen LogP contribution in [0.15, 0.2) is 4.99 Å². The van der Waals surface area contributed by atoms with Gasteiger partial charge in [-0.1, -0.05) is 0 Å². The molecule has 1 aromatic heterocycles. The number of carbonyl (C=O) groups is 1. The zero-order valence-electron chi connectivity index (χ0n) is 16.2. The molecule has 0 aliphatic carbocycles. The first-order chi connectivity index (χ1) is 15.0. The van der Waals surface area contributed by atoms with Crippen LogP contribution in [0.3, 0.4) is 0 Å². The number of aromatic nitrogens is 3. The topological polar surface area (TPSA) is 96.2 Å². The van der Waals surface area contributed by atoms with Crippen molar-refractivity contribution in [2.75, 3.05) is 13.1 Å². The van der Waals surface area contributed by atoms with E-state index >= 15 is 0 Å². The van der Waals surface area contributed by atoms with Crippen LogP contribution in [0, 0.1) is 0 Å². The molecule has 3 heterocycles. The number of nitrogens with one attached hydrogen (secondary N) is 3. The van der Waals surface area contributed by atoms with Crippen molar-refractivity contribution in [3.05, 3.63) is 11.6 Å². The van der Waals surface area contributed by atoms with E-state index in [0.717, 1.165) is 17.4 Å². The number of hydrogen-bond donors (Lipinski definition) is 3. The van der Waals surface area contributed by atoms with Gasteiger partial charge in [-0.3, -0.25) is 20.6 Å². The molecule has 2 aliphatic rings. The van der Waals surface area contributed by atoms with Crippen molar-refractivity contribution in [2.24, 2.45) is 4.99 Å². The van der Waals surface area contributed by atoms with Gasteiger partial charge < -0.3 is 9.88 Å². The van der Waals surface area contributed by atoms with Crippen LogP contribution in [-0.4, -0.2) is 45.8 Å². The molecule has 3 N–H and O–H groups in total. The number of halogens is 12. The Morgan fingerprint density at radius 2 is 1.70 bits per heavy atom. The molecular formula is C13H18ClF6I5N7O-. The predicted molar refractivity (Wildman–Crippen MR) is 144 cm³/mol. The van der Waals surface area contributed by atoms with E-state index in [9.17, 15) is 31.1 Å². The van der Waals surface area contributed by atoms with Crippen molar-refractivity contribution in [1.82, 2.24) is 30.9 Å². The largest absolute Gasteiger partial charge is 0.472 e. The summed E-state index contributed by atoms with van der Waals surface area (Å²) in [6, 6.07) is 0. The maximum Gasteiger partial charge on any atom is 0.472 e. The molecule has 33 heavy (non-hydrogen) atoms. The van der Waals surface area contributed by atoms with Gasteiger partial charge >= 0.3 is 68.7 Å². The summed E-state index contributed by atoms with van der Waals surface area (Å²) >= 11 is 9.54. The Morgan fingerprint density at radius 1 is 1.09 bits per heavy atom. The molecule has 0 saturated heterocycles. The van der Waals surface area contributed by atoms with Gasteiger partial charge in [0.15, 0.2) is 0 Å². The summed E-state index contributed by atoms with van der Waals surface area (Å²) in [7, 11) is 0. The van der Waals surface area contributed by atoms with E-state index in [2.05, 4.69) is 100 Å². The third kappa shape index (κ3) is 15.4. The maximum absolute atomic E-state index is 12.3. The number of rotatable bonds is 0. The molecule has 0 unspecified atom stereocenters. The summed E-state index contributed by atoms with van der Waals surface area (Å²) in [5.41, 5.74) is 3.71. The van der Waals surface area contributed by atoms with E-state index in [1.54, 1.807) is 5.43 Å². The molecule has 0 aromatic carbocycles. The second-order valence-electron chi connectivity index (χ2n) is 5.68. The second-order valence-corrected chi connectivity index (χ2v) is 21.9. The van der Waals surface area contributed by atoms with Crippen LogP contribution in [0.2, 0.25) is 0 Å². The molecule has 0 fully saturated rings. The molecule has 8 nitrogen and oxygen atoms in total. The Bertz CT molecular complexity index is 723. The minimum atomic E-state index is -4.86. The predicted octanol–water partition coefficient (Wildman–Crippen LogP) is 2.12. The number of fused-ring (bicyclic) bond motifs is 1. The van der Waals surface area contributed by atoms with Crippen molar-refractivity contribution in [3.63, 3.8) is 0 Å². The number of amides is 1. The van der Waals surface area contributed by atoms with E-state index < -0.39 is 24.1 Å². The molecule has 0 saturated carbocycles. The van der Waals surface area contributed by atoms with Crippen LogP contribution < -0.4 is 29.4 Å². The van der Waals surface area contributed by atoms with Crippen LogP contribution in [0.25, 0.3) is 0 Å². The monoisotopic (exact) mass is 1070 g/mol. The minimum Gasteiger partial charge on any atom is -0.285 e. The molecule has 0 bridgehead atoms. The van der Waals surface area contributed by atoms with Gasteiger partial charge in [-0.05, 0) is 12.8 Å². The minimum absolute atomic E-state index is 0. The zero-order chi connectivity index (χ0) is 24.8. The SMILES string of the molecule is Cl.FC(F)(F)c1nnc2n1CCNC2.II.I[I-]I.O=C(NNC1=NCCCC1)C(F)(F)F.